The van der Waals surface area contributed by atoms with Gasteiger partial charge in [-0.3, -0.25) is 4.79 Å². The van der Waals surface area contributed by atoms with Crippen LogP contribution >= 0.6 is 0 Å². The largest absolute Gasteiger partial charge is 0.385 e. The molecule has 7 rings (SSSR count). The van der Waals surface area contributed by atoms with Gasteiger partial charge in [0.25, 0.3) is 0 Å². The van der Waals surface area contributed by atoms with E-state index < -0.39 is 22.4 Å². The molecular formula is C37H39NO5. The fraction of sp³-hybridized carbons (Fsp3) is 0.514. The molecule has 2 N–H and O–H groups in total. The third-order valence-corrected chi connectivity index (χ3v) is 11.6. The molecule has 6 nitrogen and oxygen atoms in total. The Morgan fingerprint density at radius 1 is 0.953 bits per heavy atom. The van der Waals surface area contributed by atoms with E-state index in [2.05, 4.69) is 37.0 Å². The summed E-state index contributed by atoms with van der Waals surface area (Å²) in [6.07, 6.45) is 5.76. The van der Waals surface area contributed by atoms with Crippen LogP contribution in [0.4, 0.5) is 0 Å². The molecule has 4 fully saturated rings. The Balaban J connectivity index is 1.29. The minimum Gasteiger partial charge on any atom is -0.385 e. The minimum absolute atomic E-state index is 0.00474. The zero-order chi connectivity index (χ0) is 30.0. The maximum atomic E-state index is 13.3. The lowest BCUT2D eigenvalue weighted by molar-refractivity contribution is -0.208. The first-order chi connectivity index (χ1) is 20.6. The van der Waals surface area contributed by atoms with Crippen molar-refractivity contribution in [2.24, 2.45) is 17.3 Å². The molecule has 1 heterocycles. The number of ether oxygens (including phenoxy) is 2. The van der Waals surface area contributed by atoms with Crippen LogP contribution in [0.5, 0.6) is 0 Å². The number of carbonyl (C=O) groups is 1. The first-order valence-electron chi connectivity index (χ1n) is 15.7. The summed E-state index contributed by atoms with van der Waals surface area (Å²) in [5.41, 5.74) is 2.82. The van der Waals surface area contributed by atoms with E-state index in [1.807, 2.05) is 12.1 Å². The molecule has 1 saturated heterocycles. The van der Waals surface area contributed by atoms with Crippen molar-refractivity contribution in [2.75, 3.05) is 13.2 Å². The number of fused-ring (bicyclic) bond motifs is 4. The number of aliphatic hydroxyl groups is 2. The van der Waals surface area contributed by atoms with Gasteiger partial charge in [-0.05, 0) is 92.7 Å². The molecule has 4 aliphatic carbocycles. The van der Waals surface area contributed by atoms with Crippen LogP contribution in [0.15, 0.2) is 59.7 Å². The molecule has 0 aromatic heterocycles. The predicted molar refractivity (Wildman–Crippen MR) is 161 cm³/mol. The van der Waals surface area contributed by atoms with Crippen LogP contribution in [0.3, 0.4) is 0 Å². The fourth-order valence-electron chi connectivity index (χ4n) is 9.46. The van der Waals surface area contributed by atoms with E-state index in [4.69, 9.17) is 14.7 Å². The summed E-state index contributed by atoms with van der Waals surface area (Å²) >= 11 is 0. The highest BCUT2D eigenvalue weighted by molar-refractivity contribution is 6.09. The number of rotatable bonds is 3. The molecule has 6 atom stereocenters. The van der Waals surface area contributed by atoms with Crippen molar-refractivity contribution in [1.29, 1.82) is 5.26 Å². The van der Waals surface area contributed by atoms with Gasteiger partial charge < -0.3 is 19.7 Å². The third-order valence-electron chi connectivity index (χ3n) is 11.6. The highest BCUT2D eigenvalue weighted by atomic mass is 16.7. The second-order valence-electron chi connectivity index (χ2n) is 13.6. The van der Waals surface area contributed by atoms with Crippen LogP contribution in [-0.2, 0) is 9.47 Å². The summed E-state index contributed by atoms with van der Waals surface area (Å²) in [5.74, 6) is 6.00. The topological polar surface area (TPSA) is 99.8 Å². The van der Waals surface area contributed by atoms with Crippen LogP contribution in [0.2, 0.25) is 0 Å². The molecule has 5 aliphatic rings. The molecule has 0 radical (unpaired) electrons. The summed E-state index contributed by atoms with van der Waals surface area (Å²) in [5, 5.41) is 33.3. The van der Waals surface area contributed by atoms with Crippen molar-refractivity contribution in [3.05, 3.63) is 81.9 Å². The molecule has 6 heteroatoms. The zero-order valence-electron chi connectivity index (χ0n) is 25.0. The average Bonchev–Trinajstić information content (AvgIpc) is 3.57. The molecular weight excluding hydrogens is 538 g/mol. The van der Waals surface area contributed by atoms with Gasteiger partial charge in [-0.2, -0.15) is 5.26 Å². The predicted octanol–water partition coefficient (Wildman–Crippen LogP) is 5.81. The summed E-state index contributed by atoms with van der Waals surface area (Å²) in [6, 6.07) is 16.7. The lowest BCUT2D eigenvalue weighted by Gasteiger charge is -2.57. The zero-order valence-corrected chi connectivity index (χ0v) is 25.0. The number of nitriles is 1. The quantitative estimate of drug-likeness (QED) is 0.271. The van der Waals surface area contributed by atoms with Gasteiger partial charge >= 0.3 is 0 Å². The highest BCUT2D eigenvalue weighted by Crippen LogP contribution is 2.67. The van der Waals surface area contributed by atoms with Crippen molar-refractivity contribution in [2.45, 2.75) is 88.1 Å². The van der Waals surface area contributed by atoms with Gasteiger partial charge in [0.15, 0.2) is 11.6 Å². The number of ketones is 1. The van der Waals surface area contributed by atoms with Crippen molar-refractivity contribution >= 4 is 5.78 Å². The molecule has 222 valence electrons. The van der Waals surface area contributed by atoms with Gasteiger partial charge in [0, 0.05) is 35.3 Å². The first kappa shape index (κ1) is 28.5. The maximum Gasteiger partial charge on any atom is 0.193 e. The number of carbonyl (C=O) groups excluding carboxylic acids is 1. The van der Waals surface area contributed by atoms with E-state index in [1.54, 1.807) is 31.2 Å². The first-order valence-corrected chi connectivity index (χ1v) is 15.7. The standard InChI is InChI=1S/C37H39NO5/c1-3-15-36(41)17-13-30-28-12-16-35(40)23-37(42-19-20-43-37)18-14-31(35)32(28)29(21-34(30,36)2)25-8-10-27(11-9-25)33(39)26-6-4-24(22-38)5-7-26/h4-11,28-30,40-41H,12-14,16-21,23H2,1-2H3/t28?,29-,30?,34+,35-,36+/m1/s1. The molecule has 0 bridgehead atoms. The third kappa shape index (κ3) is 4.34. The van der Waals surface area contributed by atoms with Crippen LogP contribution < -0.4 is 0 Å². The number of benzene rings is 2. The molecule has 1 aliphatic heterocycles. The molecule has 2 unspecified atom stereocenters. The normalized spacial score (nSPS) is 35.7. The second-order valence-corrected chi connectivity index (χ2v) is 13.6. The Hall–Kier alpha value is -3.26. The van der Waals surface area contributed by atoms with E-state index in [0.29, 0.717) is 49.2 Å². The molecule has 0 amide bonds. The van der Waals surface area contributed by atoms with Gasteiger partial charge in [-0.25, -0.2) is 0 Å². The van der Waals surface area contributed by atoms with Crippen LogP contribution in [0, 0.1) is 40.4 Å². The summed E-state index contributed by atoms with van der Waals surface area (Å²) in [7, 11) is 0. The Labute approximate surface area is 253 Å². The Morgan fingerprint density at radius 2 is 1.63 bits per heavy atom. The van der Waals surface area contributed by atoms with Crippen LogP contribution in [0.25, 0.3) is 0 Å². The van der Waals surface area contributed by atoms with Crippen molar-refractivity contribution in [1.82, 2.24) is 0 Å². The SMILES string of the molecule is CC#C[C@]1(O)CCC2C3CC[C@@]4(O)CC5(CCC4=C3[C@@H](c3ccc(C(=O)c4ccc(C#N)cc4)cc3)C[C@@]21C)OCCO5. The number of hydrogen-bond acceptors (Lipinski definition) is 6. The summed E-state index contributed by atoms with van der Waals surface area (Å²) in [4.78, 5) is 13.3. The van der Waals surface area contributed by atoms with Crippen molar-refractivity contribution in [3.8, 4) is 17.9 Å². The lowest BCUT2D eigenvalue weighted by Crippen LogP contribution is -2.55. The maximum absolute atomic E-state index is 13.3. The van der Waals surface area contributed by atoms with Gasteiger partial charge in [0.1, 0.15) is 5.60 Å². The van der Waals surface area contributed by atoms with Crippen LogP contribution in [0.1, 0.15) is 98.2 Å². The van der Waals surface area contributed by atoms with E-state index in [-0.39, 0.29) is 23.5 Å². The van der Waals surface area contributed by atoms with Crippen molar-refractivity contribution in [3.63, 3.8) is 0 Å². The number of allylic oxidation sites excluding steroid dienone is 1. The Morgan fingerprint density at radius 3 is 2.28 bits per heavy atom. The molecule has 2 aromatic rings. The monoisotopic (exact) mass is 577 g/mol. The van der Waals surface area contributed by atoms with Gasteiger partial charge in [0.2, 0.25) is 0 Å². The van der Waals surface area contributed by atoms with E-state index >= 15 is 0 Å². The smallest absolute Gasteiger partial charge is 0.193 e. The number of nitrogens with zero attached hydrogens (tertiary/aromatic N) is 1. The van der Waals surface area contributed by atoms with Gasteiger partial charge in [-0.15, -0.1) is 5.92 Å². The Bertz CT molecular complexity index is 1580. The Kier molecular flexibility index (Phi) is 6.73. The van der Waals surface area contributed by atoms with Gasteiger partial charge in [-0.1, -0.05) is 42.7 Å². The van der Waals surface area contributed by atoms with E-state index in [1.165, 1.54) is 5.57 Å². The fourth-order valence-corrected chi connectivity index (χ4v) is 9.46. The molecule has 2 aromatic carbocycles. The summed E-state index contributed by atoms with van der Waals surface area (Å²) < 4.78 is 12.1. The van der Waals surface area contributed by atoms with E-state index in [0.717, 1.165) is 43.2 Å². The second kappa shape index (κ2) is 10.1. The summed E-state index contributed by atoms with van der Waals surface area (Å²) in [6.45, 7) is 5.16. The van der Waals surface area contributed by atoms with E-state index in [9.17, 15) is 15.0 Å². The minimum atomic E-state index is -1.05. The van der Waals surface area contributed by atoms with Crippen LogP contribution in [-0.4, -0.2) is 46.2 Å². The number of hydrogen-bond donors (Lipinski definition) is 2. The molecule has 3 saturated carbocycles. The molecule has 43 heavy (non-hydrogen) atoms. The highest BCUT2D eigenvalue weighted by Gasteiger charge is 2.64. The molecule has 1 spiro atoms. The van der Waals surface area contributed by atoms with Crippen molar-refractivity contribution < 1.29 is 24.5 Å². The van der Waals surface area contributed by atoms with Gasteiger partial charge in [0.05, 0.1) is 30.4 Å². The average molecular weight is 578 g/mol. The lowest BCUT2D eigenvalue weighted by atomic mass is 9.49.